The van der Waals surface area contributed by atoms with E-state index in [9.17, 15) is 0 Å². The molecular formula is C19H28N2. The van der Waals surface area contributed by atoms with Gasteiger partial charge >= 0.3 is 0 Å². The lowest BCUT2D eigenvalue weighted by molar-refractivity contribution is 0.390. The summed E-state index contributed by atoms with van der Waals surface area (Å²) in [5.41, 5.74) is 2.30. The number of rotatable bonds is 8. The van der Waals surface area contributed by atoms with Gasteiger partial charge in [-0.3, -0.25) is 4.98 Å². The molecule has 114 valence electrons. The van der Waals surface area contributed by atoms with Gasteiger partial charge in [0.2, 0.25) is 0 Å². The maximum Gasteiger partial charge on any atom is 0.0705 e. The molecule has 0 fully saturated rings. The molecule has 0 saturated carbocycles. The number of benzene rings is 1. The number of aromatic nitrogens is 1. The number of para-hydroxylation sites is 1. The smallest absolute Gasteiger partial charge is 0.0705 e. The summed E-state index contributed by atoms with van der Waals surface area (Å²) < 4.78 is 0. The van der Waals surface area contributed by atoms with Crippen molar-refractivity contribution >= 4 is 10.9 Å². The van der Waals surface area contributed by atoms with E-state index < -0.39 is 0 Å². The Labute approximate surface area is 129 Å². The van der Waals surface area contributed by atoms with E-state index in [1.165, 1.54) is 30.3 Å². The lowest BCUT2D eigenvalue weighted by atomic mass is 9.96. The Morgan fingerprint density at radius 1 is 1.10 bits per heavy atom. The molecule has 2 nitrogen and oxygen atoms in total. The zero-order valence-corrected chi connectivity index (χ0v) is 13.6. The van der Waals surface area contributed by atoms with Crippen LogP contribution in [0.15, 0.2) is 36.4 Å². The zero-order chi connectivity index (χ0) is 15.1. The summed E-state index contributed by atoms with van der Waals surface area (Å²) in [4.78, 5) is 4.82. The van der Waals surface area contributed by atoms with Gasteiger partial charge in [0.1, 0.15) is 0 Å². The van der Waals surface area contributed by atoms with Crippen LogP contribution in [-0.4, -0.2) is 17.6 Å². The van der Waals surface area contributed by atoms with Crippen LogP contribution in [-0.2, 0) is 6.42 Å². The van der Waals surface area contributed by atoms with Gasteiger partial charge in [-0.25, -0.2) is 0 Å². The zero-order valence-electron chi connectivity index (χ0n) is 13.6. The summed E-state index contributed by atoms with van der Waals surface area (Å²) in [7, 11) is 0. The van der Waals surface area contributed by atoms with Crippen molar-refractivity contribution in [3.63, 3.8) is 0 Å². The predicted molar refractivity (Wildman–Crippen MR) is 91.6 cm³/mol. The van der Waals surface area contributed by atoms with E-state index in [0.29, 0.717) is 6.04 Å². The van der Waals surface area contributed by atoms with Crippen molar-refractivity contribution in [3.8, 4) is 0 Å². The van der Waals surface area contributed by atoms with Crippen LogP contribution in [0.25, 0.3) is 10.9 Å². The summed E-state index contributed by atoms with van der Waals surface area (Å²) in [5, 5.41) is 4.91. The van der Waals surface area contributed by atoms with Gasteiger partial charge < -0.3 is 5.32 Å². The fourth-order valence-electron chi connectivity index (χ4n) is 2.71. The Morgan fingerprint density at radius 2 is 1.90 bits per heavy atom. The Morgan fingerprint density at radius 3 is 2.67 bits per heavy atom. The largest absolute Gasteiger partial charge is 0.314 e. The van der Waals surface area contributed by atoms with Crippen LogP contribution in [0.1, 0.15) is 45.7 Å². The van der Waals surface area contributed by atoms with Crippen molar-refractivity contribution in [3.05, 3.63) is 42.1 Å². The van der Waals surface area contributed by atoms with Crippen molar-refractivity contribution < 1.29 is 0 Å². The second-order valence-electron chi connectivity index (χ2n) is 6.10. The molecule has 1 aromatic heterocycles. The maximum atomic E-state index is 4.82. The highest BCUT2D eigenvalue weighted by molar-refractivity contribution is 5.78. The molecule has 2 atom stereocenters. The van der Waals surface area contributed by atoms with Crippen molar-refractivity contribution in [1.29, 1.82) is 0 Å². The second kappa shape index (κ2) is 8.14. The Hall–Kier alpha value is -1.41. The first-order valence-corrected chi connectivity index (χ1v) is 8.31. The van der Waals surface area contributed by atoms with Gasteiger partial charge in [0.25, 0.3) is 0 Å². The SMILES string of the molecule is CCCNC(Cc1ccc2ccccc2n1)CC(C)CC. The number of hydrogen-bond donors (Lipinski definition) is 1. The summed E-state index contributed by atoms with van der Waals surface area (Å²) in [6.07, 6.45) is 4.68. The number of pyridine rings is 1. The minimum atomic E-state index is 0.536. The number of fused-ring (bicyclic) bond motifs is 1. The van der Waals surface area contributed by atoms with Gasteiger partial charge in [0.05, 0.1) is 5.52 Å². The summed E-state index contributed by atoms with van der Waals surface area (Å²) in [5.74, 6) is 0.764. The molecule has 0 aliphatic heterocycles. The highest BCUT2D eigenvalue weighted by Gasteiger charge is 2.13. The maximum absolute atomic E-state index is 4.82. The van der Waals surface area contributed by atoms with E-state index in [1.807, 2.05) is 0 Å². The van der Waals surface area contributed by atoms with Gasteiger partial charge in [-0.05, 0) is 37.4 Å². The number of nitrogens with zero attached hydrogens (tertiary/aromatic N) is 1. The minimum absolute atomic E-state index is 0.536. The first kappa shape index (κ1) is 16.0. The molecule has 0 aliphatic carbocycles. The van der Waals surface area contributed by atoms with Crippen LogP contribution in [0.4, 0.5) is 0 Å². The Kier molecular flexibility index (Phi) is 6.19. The molecule has 0 saturated heterocycles. The Bertz CT molecular complexity index is 550. The summed E-state index contributed by atoms with van der Waals surface area (Å²) in [6, 6.07) is 13.3. The molecule has 0 amide bonds. The van der Waals surface area contributed by atoms with Gasteiger partial charge in [0.15, 0.2) is 0 Å². The first-order valence-electron chi connectivity index (χ1n) is 8.31. The molecule has 0 aliphatic rings. The van der Waals surface area contributed by atoms with Crippen molar-refractivity contribution in [2.45, 2.75) is 52.5 Å². The molecule has 21 heavy (non-hydrogen) atoms. The van der Waals surface area contributed by atoms with E-state index in [4.69, 9.17) is 4.98 Å². The van der Waals surface area contributed by atoms with Gasteiger partial charge in [0, 0.05) is 23.5 Å². The van der Waals surface area contributed by atoms with Crippen molar-refractivity contribution in [2.75, 3.05) is 6.54 Å². The van der Waals surface area contributed by atoms with E-state index in [1.54, 1.807) is 0 Å². The quantitative estimate of drug-likeness (QED) is 0.767. The molecule has 2 aromatic rings. The molecule has 0 radical (unpaired) electrons. The van der Waals surface area contributed by atoms with Gasteiger partial charge in [-0.1, -0.05) is 51.5 Å². The second-order valence-corrected chi connectivity index (χ2v) is 6.10. The predicted octanol–water partition coefficient (Wildman–Crippen LogP) is 4.58. The lowest BCUT2D eigenvalue weighted by Crippen LogP contribution is -2.33. The average molecular weight is 284 g/mol. The van der Waals surface area contributed by atoms with E-state index in [2.05, 4.69) is 62.5 Å². The highest BCUT2D eigenvalue weighted by Crippen LogP contribution is 2.16. The third-order valence-electron chi connectivity index (χ3n) is 4.18. The molecule has 0 bridgehead atoms. The van der Waals surface area contributed by atoms with Crippen LogP contribution >= 0.6 is 0 Å². The normalized spacial score (nSPS) is 14.2. The third kappa shape index (κ3) is 4.82. The van der Waals surface area contributed by atoms with Crippen LogP contribution < -0.4 is 5.32 Å². The summed E-state index contributed by atoms with van der Waals surface area (Å²) >= 11 is 0. The molecule has 1 heterocycles. The van der Waals surface area contributed by atoms with E-state index >= 15 is 0 Å². The van der Waals surface area contributed by atoms with Gasteiger partial charge in [-0.15, -0.1) is 0 Å². The van der Waals surface area contributed by atoms with Crippen LogP contribution in [0.5, 0.6) is 0 Å². The van der Waals surface area contributed by atoms with Crippen LogP contribution in [0, 0.1) is 5.92 Å². The van der Waals surface area contributed by atoms with Crippen molar-refractivity contribution in [1.82, 2.24) is 10.3 Å². The molecule has 1 aromatic carbocycles. The fourth-order valence-corrected chi connectivity index (χ4v) is 2.71. The Balaban J connectivity index is 2.09. The minimum Gasteiger partial charge on any atom is -0.314 e. The molecule has 2 unspecified atom stereocenters. The van der Waals surface area contributed by atoms with E-state index in [0.717, 1.165) is 24.4 Å². The topological polar surface area (TPSA) is 24.9 Å². The molecule has 1 N–H and O–H groups in total. The molecule has 0 spiro atoms. The number of hydrogen-bond acceptors (Lipinski definition) is 2. The summed E-state index contributed by atoms with van der Waals surface area (Å²) in [6.45, 7) is 7.93. The lowest BCUT2D eigenvalue weighted by Gasteiger charge is -2.21. The average Bonchev–Trinajstić information content (AvgIpc) is 2.52. The van der Waals surface area contributed by atoms with Crippen LogP contribution in [0.2, 0.25) is 0 Å². The monoisotopic (exact) mass is 284 g/mol. The molecular weight excluding hydrogens is 256 g/mol. The van der Waals surface area contributed by atoms with Gasteiger partial charge in [-0.2, -0.15) is 0 Å². The van der Waals surface area contributed by atoms with Crippen molar-refractivity contribution in [2.24, 2.45) is 5.92 Å². The highest BCUT2D eigenvalue weighted by atomic mass is 14.9. The standard InChI is InChI=1S/C19H28N2/c1-4-12-20-18(13-15(3)5-2)14-17-11-10-16-8-6-7-9-19(16)21-17/h6-11,15,18,20H,4-5,12-14H2,1-3H3. The van der Waals surface area contributed by atoms with E-state index in [-0.39, 0.29) is 0 Å². The molecule has 2 heteroatoms. The molecule has 2 rings (SSSR count). The van der Waals surface area contributed by atoms with Crippen LogP contribution in [0.3, 0.4) is 0 Å². The number of nitrogens with one attached hydrogen (secondary N) is 1. The first-order chi connectivity index (χ1) is 10.2. The fraction of sp³-hybridized carbons (Fsp3) is 0.526. The third-order valence-corrected chi connectivity index (χ3v) is 4.18.